The Bertz CT molecular complexity index is 217. The van der Waals surface area contributed by atoms with Crippen molar-refractivity contribution in [2.45, 2.75) is 39.7 Å². The summed E-state index contributed by atoms with van der Waals surface area (Å²) in [5.74, 6) is -0.125. The fourth-order valence-electron chi connectivity index (χ4n) is 1.16. The van der Waals surface area contributed by atoms with Gasteiger partial charge in [0.25, 0.3) is 0 Å². The van der Waals surface area contributed by atoms with Gasteiger partial charge in [-0.15, -0.1) is 0 Å². The second-order valence-corrected chi connectivity index (χ2v) is 3.86. The molecule has 0 aromatic rings. The zero-order valence-electron chi connectivity index (χ0n) is 9.58. The van der Waals surface area contributed by atoms with E-state index in [4.69, 9.17) is 10.5 Å². The molecule has 88 valence electrons. The zero-order chi connectivity index (χ0) is 11.8. The van der Waals surface area contributed by atoms with Gasteiger partial charge in [-0.3, -0.25) is 0 Å². The highest BCUT2D eigenvalue weighted by molar-refractivity contribution is 5.82. The van der Waals surface area contributed by atoms with Crippen LogP contribution in [0.1, 0.15) is 33.6 Å². The number of amides is 2. The predicted molar refractivity (Wildman–Crippen MR) is 57.2 cm³/mol. The number of urea groups is 1. The molecule has 5 heteroatoms. The second-order valence-electron chi connectivity index (χ2n) is 3.86. The fourth-order valence-corrected chi connectivity index (χ4v) is 1.16. The van der Waals surface area contributed by atoms with E-state index < -0.39 is 18.0 Å². The fraction of sp³-hybridized carbons (Fsp3) is 0.800. The topological polar surface area (TPSA) is 81.4 Å². The molecule has 1 unspecified atom stereocenters. The van der Waals surface area contributed by atoms with Crippen LogP contribution in [0, 0.1) is 5.92 Å². The maximum atomic E-state index is 11.5. The number of hydrogen-bond donors (Lipinski definition) is 2. The lowest BCUT2D eigenvalue weighted by Crippen LogP contribution is -2.45. The van der Waals surface area contributed by atoms with Gasteiger partial charge in [0.2, 0.25) is 0 Å². The first-order valence-electron chi connectivity index (χ1n) is 5.20. The quantitative estimate of drug-likeness (QED) is 0.650. The first-order chi connectivity index (χ1) is 6.97. The van der Waals surface area contributed by atoms with Gasteiger partial charge in [0.05, 0.1) is 6.61 Å². The van der Waals surface area contributed by atoms with Crippen LogP contribution in [0.15, 0.2) is 0 Å². The minimum Gasteiger partial charge on any atom is -0.464 e. The lowest BCUT2D eigenvalue weighted by molar-refractivity contribution is -0.146. The number of nitrogens with one attached hydrogen (secondary N) is 1. The molecular formula is C10H20N2O3. The summed E-state index contributed by atoms with van der Waals surface area (Å²) in [6.07, 6.45) is 1.29. The summed E-state index contributed by atoms with van der Waals surface area (Å²) in [6, 6.07) is -1.33. The van der Waals surface area contributed by atoms with Gasteiger partial charge in [0, 0.05) is 0 Å². The SMILES string of the molecule is CCCOC(=O)C(CC(C)C)NC(N)=O. The molecule has 0 saturated carbocycles. The summed E-state index contributed by atoms with van der Waals surface area (Å²) in [7, 11) is 0. The van der Waals surface area contributed by atoms with E-state index in [1.807, 2.05) is 20.8 Å². The van der Waals surface area contributed by atoms with Crippen LogP contribution in [0.5, 0.6) is 0 Å². The molecule has 0 bridgehead atoms. The standard InChI is InChI=1S/C10H20N2O3/c1-4-5-15-9(13)8(6-7(2)3)12-10(11)14/h7-8H,4-6H2,1-3H3,(H3,11,12,14). The monoisotopic (exact) mass is 216 g/mol. The van der Waals surface area contributed by atoms with Gasteiger partial charge in [0.1, 0.15) is 6.04 Å². The highest BCUT2D eigenvalue weighted by Gasteiger charge is 2.21. The number of ether oxygens (including phenoxy) is 1. The van der Waals surface area contributed by atoms with Crippen LogP contribution >= 0.6 is 0 Å². The number of nitrogens with two attached hydrogens (primary N) is 1. The van der Waals surface area contributed by atoms with Gasteiger partial charge < -0.3 is 15.8 Å². The van der Waals surface area contributed by atoms with Crippen molar-refractivity contribution in [1.82, 2.24) is 5.32 Å². The first-order valence-corrected chi connectivity index (χ1v) is 5.20. The van der Waals surface area contributed by atoms with Crippen LogP contribution < -0.4 is 11.1 Å². The van der Waals surface area contributed by atoms with Crippen molar-refractivity contribution in [3.63, 3.8) is 0 Å². The molecule has 15 heavy (non-hydrogen) atoms. The van der Waals surface area contributed by atoms with Crippen molar-refractivity contribution < 1.29 is 14.3 Å². The lowest BCUT2D eigenvalue weighted by atomic mass is 10.0. The van der Waals surface area contributed by atoms with Crippen LogP contribution in [0.3, 0.4) is 0 Å². The maximum Gasteiger partial charge on any atom is 0.328 e. The lowest BCUT2D eigenvalue weighted by Gasteiger charge is -2.17. The molecule has 0 spiro atoms. The number of rotatable bonds is 6. The molecule has 0 aromatic heterocycles. The van der Waals surface area contributed by atoms with E-state index in [1.54, 1.807) is 0 Å². The van der Waals surface area contributed by atoms with Crippen molar-refractivity contribution in [1.29, 1.82) is 0 Å². The molecule has 0 radical (unpaired) electrons. The third-order valence-corrected chi connectivity index (χ3v) is 1.76. The predicted octanol–water partition coefficient (Wildman–Crippen LogP) is 1.02. The Labute approximate surface area is 90.4 Å². The highest BCUT2D eigenvalue weighted by atomic mass is 16.5. The highest BCUT2D eigenvalue weighted by Crippen LogP contribution is 2.06. The van der Waals surface area contributed by atoms with Gasteiger partial charge in [-0.2, -0.15) is 0 Å². The van der Waals surface area contributed by atoms with Crippen LogP contribution in [-0.4, -0.2) is 24.6 Å². The van der Waals surface area contributed by atoms with Crippen LogP contribution in [-0.2, 0) is 9.53 Å². The molecule has 0 saturated heterocycles. The molecule has 0 fully saturated rings. The van der Waals surface area contributed by atoms with Crippen molar-refractivity contribution in [2.75, 3.05) is 6.61 Å². The van der Waals surface area contributed by atoms with E-state index in [0.717, 1.165) is 6.42 Å². The summed E-state index contributed by atoms with van der Waals surface area (Å²) >= 11 is 0. The molecular weight excluding hydrogens is 196 g/mol. The third kappa shape index (κ3) is 6.76. The second kappa shape index (κ2) is 7.09. The smallest absolute Gasteiger partial charge is 0.328 e. The summed E-state index contributed by atoms with van der Waals surface area (Å²) in [6.45, 7) is 6.20. The summed E-state index contributed by atoms with van der Waals surface area (Å²) < 4.78 is 4.95. The number of esters is 1. The zero-order valence-corrected chi connectivity index (χ0v) is 9.58. The summed E-state index contributed by atoms with van der Waals surface area (Å²) in [5.41, 5.74) is 4.98. The van der Waals surface area contributed by atoms with Gasteiger partial charge in [-0.25, -0.2) is 9.59 Å². The van der Waals surface area contributed by atoms with Crippen molar-refractivity contribution in [3.05, 3.63) is 0 Å². The van der Waals surface area contributed by atoms with E-state index in [0.29, 0.717) is 13.0 Å². The molecule has 0 aliphatic carbocycles. The average Bonchev–Trinajstić information content (AvgIpc) is 2.11. The Hall–Kier alpha value is -1.26. The van der Waals surface area contributed by atoms with Gasteiger partial charge in [-0.05, 0) is 18.8 Å². The Morgan fingerprint density at radius 1 is 1.40 bits per heavy atom. The number of hydrogen-bond acceptors (Lipinski definition) is 3. The number of carbonyl (C=O) groups excluding carboxylic acids is 2. The molecule has 0 aliphatic heterocycles. The molecule has 5 nitrogen and oxygen atoms in total. The molecule has 1 atom stereocenters. The Morgan fingerprint density at radius 2 is 2.00 bits per heavy atom. The molecule has 0 aliphatic rings. The van der Waals surface area contributed by atoms with E-state index >= 15 is 0 Å². The van der Waals surface area contributed by atoms with Crippen molar-refractivity contribution in [2.24, 2.45) is 11.7 Å². The Morgan fingerprint density at radius 3 is 2.40 bits per heavy atom. The van der Waals surface area contributed by atoms with Gasteiger partial charge in [-0.1, -0.05) is 20.8 Å². The molecule has 0 aromatic carbocycles. The van der Waals surface area contributed by atoms with Crippen LogP contribution in [0.4, 0.5) is 4.79 Å². The minimum absolute atomic E-state index is 0.288. The Kier molecular flexibility index (Phi) is 6.49. The average molecular weight is 216 g/mol. The van der Waals surface area contributed by atoms with E-state index in [2.05, 4.69) is 5.32 Å². The van der Waals surface area contributed by atoms with E-state index in [-0.39, 0.29) is 5.92 Å². The van der Waals surface area contributed by atoms with Gasteiger partial charge in [0.15, 0.2) is 0 Å². The summed E-state index contributed by atoms with van der Waals surface area (Å²) in [5, 5.41) is 2.38. The molecule has 3 N–H and O–H groups in total. The van der Waals surface area contributed by atoms with E-state index in [9.17, 15) is 9.59 Å². The van der Waals surface area contributed by atoms with E-state index in [1.165, 1.54) is 0 Å². The first kappa shape index (κ1) is 13.7. The van der Waals surface area contributed by atoms with Crippen molar-refractivity contribution in [3.8, 4) is 0 Å². The molecule has 0 rings (SSSR count). The largest absolute Gasteiger partial charge is 0.464 e. The number of carbonyl (C=O) groups is 2. The molecule has 0 heterocycles. The minimum atomic E-state index is -0.700. The Balaban J connectivity index is 4.20. The maximum absolute atomic E-state index is 11.5. The van der Waals surface area contributed by atoms with Gasteiger partial charge >= 0.3 is 12.0 Å². The third-order valence-electron chi connectivity index (χ3n) is 1.76. The van der Waals surface area contributed by atoms with Crippen LogP contribution in [0.2, 0.25) is 0 Å². The summed E-state index contributed by atoms with van der Waals surface area (Å²) in [4.78, 5) is 22.2. The van der Waals surface area contributed by atoms with Crippen molar-refractivity contribution >= 4 is 12.0 Å². The van der Waals surface area contributed by atoms with Crippen LogP contribution in [0.25, 0.3) is 0 Å². The molecule has 2 amide bonds. The normalized spacial score (nSPS) is 12.3. The number of primary amides is 1.